The molecule has 92 valence electrons. The van der Waals surface area contributed by atoms with Crippen molar-refractivity contribution in [3.63, 3.8) is 0 Å². The van der Waals surface area contributed by atoms with Gasteiger partial charge in [-0.15, -0.1) is 6.58 Å². The maximum absolute atomic E-state index is 11.8. The number of aromatic hydroxyl groups is 1. The van der Waals surface area contributed by atoms with E-state index in [1.807, 2.05) is 0 Å². The summed E-state index contributed by atoms with van der Waals surface area (Å²) in [6.07, 6.45) is 1.58. The molecule has 0 radical (unpaired) electrons. The highest BCUT2D eigenvalue weighted by Crippen LogP contribution is 2.25. The standard InChI is InChI=1S/C13H10ClNO3/c1-2-3-9-11(16)8-5-4-7(14)6-10(8)15-13(18)12(9)17/h2,4-6,16H,1,3H2,(H,15,17,18). The molecule has 1 heterocycles. The Kier molecular flexibility index (Phi) is 3.21. The van der Waals surface area contributed by atoms with Crippen molar-refractivity contribution >= 4 is 22.5 Å². The van der Waals surface area contributed by atoms with Crippen LogP contribution in [0.4, 0.5) is 0 Å². The van der Waals surface area contributed by atoms with Gasteiger partial charge in [0.15, 0.2) is 0 Å². The first-order valence-electron chi connectivity index (χ1n) is 5.23. The first-order valence-corrected chi connectivity index (χ1v) is 5.61. The van der Waals surface area contributed by atoms with Gasteiger partial charge in [-0.1, -0.05) is 17.7 Å². The largest absolute Gasteiger partial charge is 0.507 e. The van der Waals surface area contributed by atoms with Crippen molar-refractivity contribution in [3.8, 4) is 5.75 Å². The summed E-state index contributed by atoms with van der Waals surface area (Å²) < 4.78 is 0. The van der Waals surface area contributed by atoms with Crippen LogP contribution >= 0.6 is 11.6 Å². The molecule has 0 saturated carbocycles. The van der Waals surface area contributed by atoms with Crippen LogP contribution in [-0.4, -0.2) is 10.1 Å². The quantitative estimate of drug-likeness (QED) is 0.643. The number of nitrogens with one attached hydrogen (secondary N) is 1. The number of hydrogen-bond donors (Lipinski definition) is 2. The lowest BCUT2D eigenvalue weighted by atomic mass is 10.1. The van der Waals surface area contributed by atoms with E-state index in [4.69, 9.17) is 11.6 Å². The van der Waals surface area contributed by atoms with E-state index in [9.17, 15) is 14.7 Å². The van der Waals surface area contributed by atoms with Gasteiger partial charge >= 0.3 is 0 Å². The van der Waals surface area contributed by atoms with Crippen molar-refractivity contribution in [2.45, 2.75) is 6.42 Å². The van der Waals surface area contributed by atoms with Crippen molar-refractivity contribution in [3.05, 3.63) is 62.0 Å². The van der Waals surface area contributed by atoms with Crippen LogP contribution < -0.4 is 11.0 Å². The molecule has 1 aromatic carbocycles. The number of H-pyrrole nitrogens is 1. The number of rotatable bonds is 2. The lowest BCUT2D eigenvalue weighted by Crippen LogP contribution is -2.26. The third kappa shape index (κ3) is 2.02. The highest BCUT2D eigenvalue weighted by molar-refractivity contribution is 6.31. The van der Waals surface area contributed by atoms with E-state index >= 15 is 0 Å². The summed E-state index contributed by atoms with van der Waals surface area (Å²) in [5.74, 6) is -0.218. The minimum absolute atomic E-state index is 0.0311. The second-order valence-corrected chi connectivity index (χ2v) is 4.23. The molecule has 0 fully saturated rings. The molecule has 2 rings (SSSR count). The highest BCUT2D eigenvalue weighted by Gasteiger charge is 2.11. The maximum Gasteiger partial charge on any atom is 0.296 e. The molecule has 1 aromatic heterocycles. The van der Waals surface area contributed by atoms with Crippen molar-refractivity contribution in [2.75, 3.05) is 0 Å². The summed E-state index contributed by atoms with van der Waals surface area (Å²) in [5.41, 5.74) is -1.21. The number of fused-ring (bicyclic) bond motifs is 1. The molecule has 0 atom stereocenters. The topological polar surface area (TPSA) is 70.2 Å². The van der Waals surface area contributed by atoms with Gasteiger partial charge < -0.3 is 10.1 Å². The van der Waals surface area contributed by atoms with Gasteiger partial charge in [0.2, 0.25) is 0 Å². The van der Waals surface area contributed by atoms with E-state index < -0.39 is 11.0 Å². The van der Waals surface area contributed by atoms with Gasteiger partial charge in [-0.05, 0) is 24.6 Å². The van der Waals surface area contributed by atoms with Gasteiger partial charge in [-0.2, -0.15) is 0 Å². The lowest BCUT2D eigenvalue weighted by Gasteiger charge is -1.99. The van der Waals surface area contributed by atoms with Gasteiger partial charge in [0, 0.05) is 10.4 Å². The van der Waals surface area contributed by atoms with Crippen molar-refractivity contribution < 1.29 is 5.11 Å². The van der Waals surface area contributed by atoms with E-state index in [2.05, 4.69) is 11.6 Å². The second-order valence-electron chi connectivity index (χ2n) is 3.79. The number of benzene rings is 1. The van der Waals surface area contributed by atoms with Crippen LogP contribution in [0.1, 0.15) is 5.56 Å². The average Bonchev–Trinajstić information content (AvgIpc) is 2.41. The zero-order chi connectivity index (χ0) is 13.3. The zero-order valence-electron chi connectivity index (χ0n) is 9.37. The molecule has 2 N–H and O–H groups in total. The van der Waals surface area contributed by atoms with E-state index in [0.29, 0.717) is 15.9 Å². The van der Waals surface area contributed by atoms with Gasteiger partial charge in [0.05, 0.1) is 11.1 Å². The number of halogens is 1. The molecular formula is C13H10ClNO3. The molecule has 0 spiro atoms. The highest BCUT2D eigenvalue weighted by atomic mass is 35.5. The SMILES string of the molecule is C=CCc1c(O)c2ccc(Cl)cc2[nH]c(=O)c1=O. The molecule has 0 aliphatic carbocycles. The van der Waals surface area contributed by atoms with Gasteiger partial charge in [0.1, 0.15) is 5.75 Å². The van der Waals surface area contributed by atoms with Gasteiger partial charge in [-0.3, -0.25) is 9.59 Å². The predicted molar refractivity (Wildman–Crippen MR) is 71.4 cm³/mol. The Morgan fingerprint density at radius 3 is 2.78 bits per heavy atom. The molecule has 5 heteroatoms. The summed E-state index contributed by atoms with van der Waals surface area (Å²) in [6.45, 7) is 3.50. The fraction of sp³-hybridized carbons (Fsp3) is 0.0769. The fourth-order valence-corrected chi connectivity index (χ4v) is 1.92. The maximum atomic E-state index is 11.8. The van der Waals surface area contributed by atoms with E-state index in [-0.39, 0.29) is 17.7 Å². The second kappa shape index (κ2) is 4.66. The van der Waals surface area contributed by atoms with Crippen LogP contribution in [0.15, 0.2) is 40.4 Å². The minimum Gasteiger partial charge on any atom is -0.507 e. The number of aromatic amines is 1. The predicted octanol–water partition coefficient (Wildman–Crippen LogP) is 1.98. The van der Waals surface area contributed by atoms with Gasteiger partial charge in [0.25, 0.3) is 11.0 Å². The van der Waals surface area contributed by atoms with E-state index in [1.165, 1.54) is 12.1 Å². The van der Waals surface area contributed by atoms with Crippen LogP contribution in [-0.2, 0) is 6.42 Å². The van der Waals surface area contributed by atoms with Crippen LogP contribution in [0, 0.1) is 0 Å². The summed E-state index contributed by atoms with van der Waals surface area (Å²) >= 11 is 5.81. The summed E-state index contributed by atoms with van der Waals surface area (Å²) in [4.78, 5) is 25.8. The normalized spacial score (nSPS) is 10.5. The molecule has 0 amide bonds. The molecule has 18 heavy (non-hydrogen) atoms. The fourth-order valence-electron chi connectivity index (χ4n) is 1.75. The smallest absolute Gasteiger partial charge is 0.296 e. The molecule has 0 bridgehead atoms. The summed E-state index contributed by atoms with van der Waals surface area (Å²) in [6, 6.07) is 4.61. The monoisotopic (exact) mass is 263 g/mol. The molecule has 0 aliphatic rings. The van der Waals surface area contributed by atoms with E-state index in [1.54, 1.807) is 12.1 Å². The van der Waals surface area contributed by atoms with Crippen molar-refractivity contribution in [2.24, 2.45) is 0 Å². The number of aromatic nitrogens is 1. The lowest BCUT2D eigenvalue weighted by molar-refractivity contribution is 0.476. The Morgan fingerprint density at radius 2 is 2.11 bits per heavy atom. The molecule has 4 nitrogen and oxygen atoms in total. The van der Waals surface area contributed by atoms with Crippen LogP contribution in [0.3, 0.4) is 0 Å². The first-order chi connectivity index (χ1) is 8.54. The molecule has 2 aromatic rings. The molecule has 0 aliphatic heterocycles. The van der Waals surface area contributed by atoms with Crippen LogP contribution in [0.25, 0.3) is 10.9 Å². The Morgan fingerprint density at radius 1 is 1.39 bits per heavy atom. The minimum atomic E-state index is -0.792. The Hall–Kier alpha value is -2.07. The Bertz CT molecular complexity index is 749. The zero-order valence-corrected chi connectivity index (χ0v) is 10.1. The number of allylic oxidation sites excluding steroid dienone is 1. The van der Waals surface area contributed by atoms with Crippen molar-refractivity contribution in [1.82, 2.24) is 4.98 Å². The molecule has 0 saturated heterocycles. The summed E-state index contributed by atoms with van der Waals surface area (Å²) in [5, 5.41) is 10.9. The molecular weight excluding hydrogens is 254 g/mol. The molecule has 0 unspecified atom stereocenters. The average molecular weight is 264 g/mol. The van der Waals surface area contributed by atoms with Crippen LogP contribution in [0.2, 0.25) is 5.02 Å². The Balaban J connectivity index is 3.05. The number of hydrogen-bond acceptors (Lipinski definition) is 3. The first kappa shape index (κ1) is 12.4. The Labute approximate surface area is 107 Å². The van der Waals surface area contributed by atoms with E-state index in [0.717, 1.165) is 0 Å². The van der Waals surface area contributed by atoms with Crippen molar-refractivity contribution in [1.29, 1.82) is 0 Å². The summed E-state index contributed by atoms with van der Waals surface area (Å²) in [7, 11) is 0. The third-order valence-electron chi connectivity index (χ3n) is 2.60. The third-order valence-corrected chi connectivity index (χ3v) is 2.83. The van der Waals surface area contributed by atoms with Gasteiger partial charge in [-0.25, -0.2) is 0 Å². The van der Waals surface area contributed by atoms with Crippen LogP contribution in [0.5, 0.6) is 5.75 Å².